The van der Waals surface area contributed by atoms with E-state index in [4.69, 9.17) is 0 Å². The smallest absolute Gasteiger partial charge is 0.255 e. The molecular formula is C15H15FINOS. The maximum absolute atomic E-state index is 13.0. The summed E-state index contributed by atoms with van der Waals surface area (Å²) in [4.78, 5) is 14.3. The molecule has 0 saturated carbocycles. The molecule has 1 heterocycles. The van der Waals surface area contributed by atoms with Crippen LogP contribution in [-0.2, 0) is 0 Å². The molecule has 0 aliphatic carbocycles. The molecule has 20 heavy (non-hydrogen) atoms. The highest BCUT2D eigenvalue weighted by atomic mass is 127. The second kappa shape index (κ2) is 6.67. The normalized spacial score (nSPS) is 12.2. The molecular weight excluding hydrogens is 388 g/mol. The molecule has 0 spiro atoms. The number of amides is 1. The van der Waals surface area contributed by atoms with E-state index in [0.29, 0.717) is 6.54 Å². The third-order valence-electron chi connectivity index (χ3n) is 3.24. The third kappa shape index (κ3) is 3.38. The van der Waals surface area contributed by atoms with Crippen molar-refractivity contribution in [3.63, 3.8) is 0 Å². The Balaban J connectivity index is 2.23. The number of hydrogen-bond donors (Lipinski definition) is 0. The van der Waals surface area contributed by atoms with Crippen molar-refractivity contribution >= 4 is 39.8 Å². The van der Waals surface area contributed by atoms with Crippen molar-refractivity contribution in [1.82, 2.24) is 4.90 Å². The molecule has 1 aromatic heterocycles. The predicted octanol–water partition coefficient (Wildman–Crippen LogP) is 4.72. The van der Waals surface area contributed by atoms with Crippen LogP contribution in [0.2, 0.25) is 0 Å². The average molecular weight is 403 g/mol. The number of benzene rings is 1. The van der Waals surface area contributed by atoms with Gasteiger partial charge in [0.1, 0.15) is 5.82 Å². The van der Waals surface area contributed by atoms with Crippen LogP contribution in [0, 0.1) is 8.70 Å². The maximum atomic E-state index is 13.0. The van der Waals surface area contributed by atoms with E-state index in [2.05, 4.69) is 22.6 Å². The molecule has 2 aromatic rings. The standard InChI is InChI=1S/C15H15FINOS/c1-3-18(15(19)12-8-14(17)20-9-12)10(2)11-4-6-13(16)7-5-11/h4-10H,3H2,1-2H3. The van der Waals surface area contributed by atoms with Crippen LogP contribution in [0.15, 0.2) is 35.7 Å². The summed E-state index contributed by atoms with van der Waals surface area (Å²) in [5.41, 5.74) is 1.65. The first-order valence-corrected chi connectivity index (χ1v) is 8.29. The summed E-state index contributed by atoms with van der Waals surface area (Å²) in [6.07, 6.45) is 0. The molecule has 5 heteroatoms. The average Bonchev–Trinajstić information content (AvgIpc) is 2.86. The molecule has 2 rings (SSSR count). The van der Waals surface area contributed by atoms with Crippen LogP contribution in [0.25, 0.3) is 0 Å². The van der Waals surface area contributed by atoms with Gasteiger partial charge in [-0.2, -0.15) is 0 Å². The minimum Gasteiger partial charge on any atom is -0.332 e. The Morgan fingerprint density at radius 1 is 1.40 bits per heavy atom. The van der Waals surface area contributed by atoms with Crippen LogP contribution in [-0.4, -0.2) is 17.4 Å². The summed E-state index contributed by atoms with van der Waals surface area (Å²) in [7, 11) is 0. The Bertz CT molecular complexity index is 596. The highest BCUT2D eigenvalue weighted by Crippen LogP contribution is 2.24. The second-order valence-electron chi connectivity index (χ2n) is 4.46. The van der Waals surface area contributed by atoms with Gasteiger partial charge in [-0.15, -0.1) is 11.3 Å². The lowest BCUT2D eigenvalue weighted by Gasteiger charge is -2.28. The fourth-order valence-electron chi connectivity index (χ4n) is 2.10. The van der Waals surface area contributed by atoms with E-state index in [1.165, 1.54) is 12.1 Å². The molecule has 0 radical (unpaired) electrons. The lowest BCUT2D eigenvalue weighted by Crippen LogP contribution is -2.33. The Labute approximate surface area is 135 Å². The second-order valence-corrected chi connectivity index (χ2v) is 7.26. The molecule has 1 unspecified atom stereocenters. The van der Waals surface area contributed by atoms with Gasteiger partial charge in [-0.1, -0.05) is 12.1 Å². The van der Waals surface area contributed by atoms with Gasteiger partial charge in [0.15, 0.2) is 0 Å². The van der Waals surface area contributed by atoms with Crippen molar-refractivity contribution < 1.29 is 9.18 Å². The largest absolute Gasteiger partial charge is 0.332 e. The summed E-state index contributed by atoms with van der Waals surface area (Å²) in [5.74, 6) is -0.244. The Morgan fingerprint density at radius 2 is 2.05 bits per heavy atom. The first kappa shape index (κ1) is 15.4. The highest BCUT2D eigenvalue weighted by Gasteiger charge is 2.22. The summed E-state index contributed by atoms with van der Waals surface area (Å²) >= 11 is 3.77. The van der Waals surface area contributed by atoms with Gasteiger partial charge in [-0.05, 0) is 60.2 Å². The van der Waals surface area contributed by atoms with Crippen LogP contribution in [0.4, 0.5) is 4.39 Å². The van der Waals surface area contributed by atoms with Crippen LogP contribution in [0.1, 0.15) is 35.8 Å². The van der Waals surface area contributed by atoms with Gasteiger partial charge < -0.3 is 4.90 Å². The number of halogens is 2. The number of hydrogen-bond acceptors (Lipinski definition) is 2. The van der Waals surface area contributed by atoms with Gasteiger partial charge in [-0.25, -0.2) is 4.39 Å². The van der Waals surface area contributed by atoms with E-state index < -0.39 is 0 Å². The summed E-state index contributed by atoms with van der Waals surface area (Å²) in [6, 6.07) is 8.13. The zero-order valence-corrected chi connectivity index (χ0v) is 14.2. The fourth-order valence-corrected chi connectivity index (χ4v) is 3.42. The van der Waals surface area contributed by atoms with E-state index in [-0.39, 0.29) is 17.8 Å². The molecule has 0 bridgehead atoms. The summed E-state index contributed by atoms with van der Waals surface area (Å²) in [6.45, 7) is 4.53. The van der Waals surface area contributed by atoms with Gasteiger partial charge >= 0.3 is 0 Å². The van der Waals surface area contributed by atoms with Gasteiger partial charge in [0, 0.05) is 11.9 Å². The molecule has 1 aromatic carbocycles. The van der Waals surface area contributed by atoms with E-state index in [1.807, 2.05) is 25.3 Å². The predicted molar refractivity (Wildman–Crippen MR) is 88.6 cm³/mol. The highest BCUT2D eigenvalue weighted by molar-refractivity contribution is 14.1. The first-order chi connectivity index (χ1) is 9.52. The van der Waals surface area contributed by atoms with Crippen LogP contribution in [0.3, 0.4) is 0 Å². The van der Waals surface area contributed by atoms with Crippen molar-refractivity contribution in [2.24, 2.45) is 0 Å². The summed E-state index contributed by atoms with van der Waals surface area (Å²) < 4.78 is 14.1. The molecule has 0 aliphatic heterocycles. The van der Waals surface area contributed by atoms with Crippen molar-refractivity contribution in [1.29, 1.82) is 0 Å². The van der Waals surface area contributed by atoms with E-state index in [0.717, 1.165) is 14.0 Å². The summed E-state index contributed by atoms with van der Waals surface area (Å²) in [5, 5.41) is 1.88. The number of rotatable bonds is 4. The molecule has 0 N–H and O–H groups in total. The molecule has 1 atom stereocenters. The maximum Gasteiger partial charge on any atom is 0.255 e. The molecule has 0 aliphatic rings. The minimum absolute atomic E-state index is 0.0171. The fraction of sp³-hybridized carbons (Fsp3) is 0.267. The number of nitrogens with zero attached hydrogens (tertiary/aromatic N) is 1. The number of thiophene rings is 1. The topological polar surface area (TPSA) is 20.3 Å². The molecule has 2 nitrogen and oxygen atoms in total. The SMILES string of the molecule is CCN(C(=O)c1csc(I)c1)C(C)c1ccc(F)cc1. The quantitative estimate of drug-likeness (QED) is 0.677. The van der Waals surface area contributed by atoms with Crippen LogP contribution < -0.4 is 0 Å². The minimum atomic E-state index is -0.261. The lowest BCUT2D eigenvalue weighted by molar-refractivity contribution is 0.0703. The van der Waals surface area contributed by atoms with Crippen molar-refractivity contribution in [2.45, 2.75) is 19.9 Å². The zero-order chi connectivity index (χ0) is 14.7. The zero-order valence-electron chi connectivity index (χ0n) is 11.3. The van der Waals surface area contributed by atoms with E-state index in [9.17, 15) is 9.18 Å². The molecule has 1 amide bonds. The van der Waals surface area contributed by atoms with Crippen molar-refractivity contribution in [2.75, 3.05) is 6.54 Å². The Hall–Kier alpha value is -0.950. The van der Waals surface area contributed by atoms with Crippen molar-refractivity contribution in [3.05, 3.63) is 55.5 Å². The lowest BCUT2D eigenvalue weighted by atomic mass is 10.1. The number of carbonyl (C=O) groups is 1. The van der Waals surface area contributed by atoms with Crippen LogP contribution in [0.5, 0.6) is 0 Å². The molecule has 0 fully saturated rings. The van der Waals surface area contributed by atoms with Gasteiger partial charge in [0.2, 0.25) is 0 Å². The third-order valence-corrected chi connectivity index (χ3v) is 5.02. The van der Waals surface area contributed by atoms with E-state index >= 15 is 0 Å². The first-order valence-electron chi connectivity index (χ1n) is 6.33. The Kier molecular flexibility index (Phi) is 5.15. The molecule has 0 saturated heterocycles. The Morgan fingerprint density at radius 3 is 2.55 bits per heavy atom. The van der Waals surface area contributed by atoms with Crippen LogP contribution >= 0.6 is 33.9 Å². The van der Waals surface area contributed by atoms with Gasteiger partial charge in [0.05, 0.1) is 14.5 Å². The van der Waals surface area contributed by atoms with Crippen molar-refractivity contribution in [3.8, 4) is 0 Å². The van der Waals surface area contributed by atoms with Gasteiger partial charge in [0.25, 0.3) is 5.91 Å². The van der Waals surface area contributed by atoms with E-state index in [1.54, 1.807) is 28.4 Å². The monoisotopic (exact) mass is 403 g/mol. The molecule has 106 valence electrons. The van der Waals surface area contributed by atoms with Gasteiger partial charge in [-0.3, -0.25) is 4.79 Å². The number of carbonyl (C=O) groups excluding carboxylic acids is 1.